The van der Waals surface area contributed by atoms with Gasteiger partial charge in [-0.1, -0.05) is 41.5 Å². The maximum Gasteiger partial charge on any atom is 0.414 e. The van der Waals surface area contributed by atoms with E-state index in [1.54, 1.807) is 0 Å². The molecule has 1 N–H and O–H groups in total. The number of carbonyl (C=O) groups is 2. The van der Waals surface area contributed by atoms with Crippen molar-refractivity contribution in [3.05, 3.63) is 0 Å². The third kappa shape index (κ3) is 3.90. The van der Waals surface area contributed by atoms with Gasteiger partial charge in [0.1, 0.15) is 0 Å². The molecule has 0 spiro atoms. The van der Waals surface area contributed by atoms with Crippen LogP contribution in [0.25, 0.3) is 0 Å². The minimum atomic E-state index is -2.15. The van der Waals surface area contributed by atoms with E-state index in [-0.39, 0.29) is 28.2 Å². The average molecular weight is 416 g/mol. The molecule has 1 saturated carbocycles. The van der Waals surface area contributed by atoms with Crippen molar-refractivity contribution < 1.29 is 23.5 Å². The summed E-state index contributed by atoms with van der Waals surface area (Å²) in [4.78, 5) is 25.4. The lowest BCUT2D eigenvalue weighted by Crippen LogP contribution is -2.61. The second kappa shape index (κ2) is 6.67. The molecule has 4 atom stereocenters. The molecule has 0 unspecified atom stereocenters. The summed E-state index contributed by atoms with van der Waals surface area (Å²) in [6.45, 7) is 21.7. The van der Waals surface area contributed by atoms with Crippen molar-refractivity contribution in [1.82, 2.24) is 4.90 Å². The molecule has 2 bridgehead atoms. The summed E-state index contributed by atoms with van der Waals surface area (Å²) in [6, 6.07) is -0.441. The topological polar surface area (TPSA) is 76.1 Å². The quantitative estimate of drug-likeness (QED) is 0.675. The van der Waals surface area contributed by atoms with Crippen molar-refractivity contribution in [3.63, 3.8) is 0 Å². The lowest BCUT2D eigenvalue weighted by Gasteiger charge is -2.47. The molecular weight excluding hydrogens is 378 g/mol. The number of piperidine rings is 1. The summed E-state index contributed by atoms with van der Waals surface area (Å²) in [5.74, 6) is -0.749. The number of likely N-dealkylation sites (tertiary alicyclic amines) is 1. The Morgan fingerprint density at radius 2 is 1.37 bits per heavy atom. The summed E-state index contributed by atoms with van der Waals surface area (Å²) in [5, 5.41) is 9.56. The van der Waals surface area contributed by atoms with Crippen LogP contribution in [0.4, 0.5) is 4.79 Å². The Kier molecular flexibility index (Phi) is 5.58. The van der Waals surface area contributed by atoms with Gasteiger partial charge in [-0.3, -0.25) is 4.79 Å². The number of hydrogen-bond acceptors (Lipinski definition) is 4. The first-order valence-electron chi connectivity index (χ1n) is 9.82. The highest BCUT2D eigenvalue weighted by Crippen LogP contribution is 2.49. The largest absolute Gasteiger partial charge is 0.465 e. The maximum absolute atomic E-state index is 12.7. The zero-order valence-electron chi connectivity index (χ0n) is 18.5. The number of hydrogen-bond donors (Lipinski definition) is 1. The zero-order chi connectivity index (χ0) is 21.2. The van der Waals surface area contributed by atoms with Crippen LogP contribution >= 0.6 is 0 Å². The van der Waals surface area contributed by atoms with Crippen LogP contribution in [0.2, 0.25) is 36.3 Å². The molecule has 27 heavy (non-hydrogen) atoms. The second-order valence-electron chi connectivity index (χ2n) is 11.1. The standard InChI is InChI=1S/C19H37NO5Si2/c1-18(2,3)26(7,8)24-14-12-11-13(20(16(12)21)17(22)23)15(14)25-27(9,10)19(4,5)6/h12-15H,11H2,1-10H3,(H,22,23)/t12-,13+,14+,15-/m0/s1. The third-order valence-electron chi connectivity index (χ3n) is 7.16. The van der Waals surface area contributed by atoms with Crippen LogP contribution < -0.4 is 0 Å². The Labute approximate surface area is 165 Å². The summed E-state index contributed by atoms with van der Waals surface area (Å²) in [7, 11) is -4.28. The van der Waals surface area contributed by atoms with Gasteiger partial charge in [0.2, 0.25) is 5.91 Å². The van der Waals surface area contributed by atoms with Gasteiger partial charge in [-0.05, 0) is 42.7 Å². The van der Waals surface area contributed by atoms with E-state index in [2.05, 4.69) is 67.7 Å². The van der Waals surface area contributed by atoms with Crippen LogP contribution in [0.5, 0.6) is 0 Å². The molecule has 156 valence electrons. The van der Waals surface area contributed by atoms with Crippen LogP contribution in [-0.2, 0) is 13.6 Å². The molecule has 2 amide bonds. The molecule has 2 aliphatic rings. The number of amides is 2. The van der Waals surface area contributed by atoms with Gasteiger partial charge in [-0.15, -0.1) is 0 Å². The Morgan fingerprint density at radius 3 is 1.74 bits per heavy atom. The molecule has 2 fully saturated rings. The van der Waals surface area contributed by atoms with E-state index in [4.69, 9.17) is 8.85 Å². The number of nitrogens with zero attached hydrogens (tertiary/aromatic N) is 1. The number of rotatable bonds is 4. The molecule has 1 saturated heterocycles. The van der Waals surface area contributed by atoms with E-state index in [9.17, 15) is 14.7 Å². The van der Waals surface area contributed by atoms with Crippen molar-refractivity contribution in [2.24, 2.45) is 5.92 Å². The van der Waals surface area contributed by atoms with E-state index in [0.717, 1.165) is 4.90 Å². The van der Waals surface area contributed by atoms with Crippen LogP contribution in [0.1, 0.15) is 48.0 Å². The molecule has 1 aliphatic heterocycles. The summed E-state index contributed by atoms with van der Waals surface area (Å²) in [6.07, 6.45) is -1.40. The molecular formula is C19H37NO5Si2. The molecule has 6 nitrogen and oxygen atoms in total. The minimum absolute atomic E-state index is 0.00554. The van der Waals surface area contributed by atoms with Gasteiger partial charge >= 0.3 is 6.09 Å². The highest BCUT2D eigenvalue weighted by Gasteiger charge is 2.63. The molecule has 2 rings (SSSR count). The molecule has 0 radical (unpaired) electrons. The molecule has 0 aromatic carbocycles. The fourth-order valence-corrected chi connectivity index (χ4v) is 6.03. The fourth-order valence-electron chi connectivity index (χ4n) is 3.38. The predicted octanol–water partition coefficient (Wildman–Crippen LogP) is 4.68. The monoisotopic (exact) mass is 415 g/mol. The molecule has 1 heterocycles. The van der Waals surface area contributed by atoms with E-state index < -0.39 is 34.7 Å². The smallest absolute Gasteiger partial charge is 0.414 e. The van der Waals surface area contributed by atoms with E-state index >= 15 is 0 Å². The van der Waals surface area contributed by atoms with Crippen LogP contribution in [-0.4, -0.2) is 56.9 Å². The SMILES string of the molecule is CC(C)(C)[Si](C)(C)O[C@@H]1[C@H](O[Si](C)(C)C(C)(C)C)[C@@H]2C[C@H]1N(C(=O)O)C2=O. The first-order valence-corrected chi connectivity index (χ1v) is 15.6. The van der Waals surface area contributed by atoms with Crippen molar-refractivity contribution in [2.45, 2.75) is 102 Å². The minimum Gasteiger partial charge on any atom is -0.465 e. The highest BCUT2D eigenvalue weighted by atomic mass is 28.4. The van der Waals surface area contributed by atoms with Crippen molar-refractivity contribution >= 4 is 28.6 Å². The van der Waals surface area contributed by atoms with Crippen LogP contribution in [0.15, 0.2) is 0 Å². The molecule has 8 heteroatoms. The second-order valence-corrected chi connectivity index (χ2v) is 20.6. The first kappa shape index (κ1) is 22.6. The lowest BCUT2D eigenvalue weighted by atomic mass is 10.0. The van der Waals surface area contributed by atoms with Gasteiger partial charge in [0.25, 0.3) is 0 Å². The summed E-state index contributed by atoms with van der Waals surface area (Å²) >= 11 is 0. The van der Waals surface area contributed by atoms with Gasteiger partial charge in [-0.2, -0.15) is 0 Å². The number of carbonyl (C=O) groups excluding carboxylic acids is 1. The van der Waals surface area contributed by atoms with Gasteiger partial charge in [0.15, 0.2) is 16.6 Å². The Bertz CT molecular complexity index is 621. The number of fused-ring (bicyclic) bond motifs is 2. The summed E-state index contributed by atoms with van der Waals surface area (Å²) < 4.78 is 13.3. The Morgan fingerprint density at radius 1 is 0.963 bits per heavy atom. The number of carboxylic acid groups (broad SMARTS) is 1. The normalized spacial score (nSPS) is 29.6. The van der Waals surface area contributed by atoms with E-state index in [0.29, 0.717) is 6.42 Å². The molecule has 1 aliphatic carbocycles. The van der Waals surface area contributed by atoms with Crippen molar-refractivity contribution in [2.75, 3.05) is 0 Å². The zero-order valence-corrected chi connectivity index (χ0v) is 20.5. The maximum atomic E-state index is 12.7. The average Bonchev–Trinajstić information content (AvgIpc) is 2.91. The third-order valence-corrected chi connectivity index (χ3v) is 16.1. The van der Waals surface area contributed by atoms with E-state index in [1.807, 2.05) is 0 Å². The van der Waals surface area contributed by atoms with Gasteiger partial charge in [-0.25, -0.2) is 9.69 Å². The van der Waals surface area contributed by atoms with Gasteiger partial charge in [0.05, 0.1) is 24.2 Å². The van der Waals surface area contributed by atoms with E-state index in [1.165, 1.54) is 0 Å². The molecule has 0 aromatic heterocycles. The summed E-state index contributed by atoms with van der Waals surface area (Å²) in [5.41, 5.74) is 0. The molecule has 0 aromatic rings. The lowest BCUT2D eigenvalue weighted by molar-refractivity contribution is -0.141. The van der Waals surface area contributed by atoms with Crippen LogP contribution in [0, 0.1) is 5.92 Å². The van der Waals surface area contributed by atoms with Gasteiger partial charge in [0, 0.05) is 0 Å². The van der Waals surface area contributed by atoms with Crippen LogP contribution in [0.3, 0.4) is 0 Å². The Hall–Kier alpha value is -0.706. The predicted molar refractivity (Wildman–Crippen MR) is 111 cm³/mol. The van der Waals surface area contributed by atoms with Crippen molar-refractivity contribution in [3.8, 4) is 0 Å². The fraction of sp³-hybridized carbons (Fsp3) is 0.895. The Balaban J connectivity index is 2.39. The van der Waals surface area contributed by atoms with Crippen molar-refractivity contribution in [1.29, 1.82) is 0 Å². The first-order chi connectivity index (χ1) is 11.9. The van der Waals surface area contributed by atoms with Gasteiger partial charge < -0.3 is 14.0 Å². The highest BCUT2D eigenvalue weighted by molar-refractivity contribution is 6.74. The number of imide groups is 1.